The highest BCUT2D eigenvalue weighted by Crippen LogP contribution is 2.23. The lowest BCUT2D eigenvalue weighted by molar-refractivity contribution is 0.0951. The average Bonchev–Trinajstić information content (AvgIpc) is 3.15. The number of nitrogens with zero attached hydrogens (tertiary/aromatic N) is 1. The van der Waals surface area contributed by atoms with E-state index in [1.807, 2.05) is 60.8 Å². The summed E-state index contributed by atoms with van der Waals surface area (Å²) < 4.78 is 0. The third-order valence-corrected chi connectivity index (χ3v) is 4.17. The standard InChI is InChI=1S/C21H17N3O/c25-21(24-14-15-4-2-1-3-5-15)18-9-11-23-20(13-18)16-6-7-19-17(12-16)8-10-22-19/h1-13,22H,14H2,(H,24,25). The molecule has 0 aliphatic heterocycles. The Morgan fingerprint density at radius 1 is 1.00 bits per heavy atom. The van der Waals surface area contributed by atoms with Gasteiger partial charge in [0, 0.05) is 41.0 Å². The van der Waals surface area contributed by atoms with Crippen LogP contribution in [0.4, 0.5) is 0 Å². The number of fused-ring (bicyclic) bond motifs is 1. The highest BCUT2D eigenvalue weighted by atomic mass is 16.1. The maximum absolute atomic E-state index is 12.4. The smallest absolute Gasteiger partial charge is 0.251 e. The summed E-state index contributed by atoms with van der Waals surface area (Å²) in [6, 6.07) is 21.5. The van der Waals surface area contributed by atoms with E-state index in [1.165, 1.54) is 0 Å². The molecule has 0 unspecified atom stereocenters. The van der Waals surface area contributed by atoms with Crippen molar-refractivity contribution >= 4 is 16.8 Å². The maximum Gasteiger partial charge on any atom is 0.251 e. The van der Waals surface area contributed by atoms with Gasteiger partial charge in [0.25, 0.3) is 5.91 Å². The largest absolute Gasteiger partial charge is 0.361 e. The Morgan fingerprint density at radius 2 is 1.88 bits per heavy atom. The molecule has 0 aliphatic carbocycles. The van der Waals surface area contributed by atoms with Gasteiger partial charge in [-0.25, -0.2) is 0 Å². The zero-order valence-corrected chi connectivity index (χ0v) is 13.6. The lowest BCUT2D eigenvalue weighted by Gasteiger charge is -2.07. The predicted molar refractivity (Wildman–Crippen MR) is 99.1 cm³/mol. The summed E-state index contributed by atoms with van der Waals surface area (Å²) in [7, 11) is 0. The molecule has 0 fully saturated rings. The van der Waals surface area contributed by atoms with Crippen molar-refractivity contribution in [1.29, 1.82) is 0 Å². The van der Waals surface area contributed by atoms with Crippen LogP contribution >= 0.6 is 0 Å². The Balaban J connectivity index is 1.55. The van der Waals surface area contributed by atoms with Crippen LogP contribution in [0.15, 0.2) is 79.1 Å². The number of carbonyl (C=O) groups is 1. The van der Waals surface area contributed by atoms with E-state index in [4.69, 9.17) is 0 Å². The molecule has 0 spiro atoms. The highest BCUT2D eigenvalue weighted by molar-refractivity contribution is 5.95. The first kappa shape index (κ1) is 15.1. The molecule has 2 aromatic heterocycles. The Morgan fingerprint density at radius 3 is 2.76 bits per heavy atom. The van der Waals surface area contributed by atoms with Crippen molar-refractivity contribution in [2.24, 2.45) is 0 Å². The summed E-state index contributed by atoms with van der Waals surface area (Å²) in [6.45, 7) is 0.507. The van der Waals surface area contributed by atoms with E-state index in [0.717, 1.165) is 27.7 Å². The molecule has 4 nitrogen and oxygen atoms in total. The Bertz CT molecular complexity index is 1020. The van der Waals surface area contributed by atoms with Crippen LogP contribution < -0.4 is 5.32 Å². The van der Waals surface area contributed by atoms with Gasteiger partial charge in [-0.1, -0.05) is 36.4 Å². The van der Waals surface area contributed by atoms with Gasteiger partial charge in [0.1, 0.15) is 0 Å². The number of pyridine rings is 1. The van der Waals surface area contributed by atoms with Crippen LogP contribution in [0, 0.1) is 0 Å². The minimum Gasteiger partial charge on any atom is -0.361 e. The van der Waals surface area contributed by atoms with Crippen LogP contribution in [0.5, 0.6) is 0 Å². The summed E-state index contributed by atoms with van der Waals surface area (Å²) in [5.74, 6) is -0.102. The zero-order valence-electron chi connectivity index (χ0n) is 13.6. The van der Waals surface area contributed by atoms with E-state index in [1.54, 1.807) is 12.3 Å². The van der Waals surface area contributed by atoms with Gasteiger partial charge in [0.15, 0.2) is 0 Å². The molecule has 0 radical (unpaired) electrons. The number of carbonyl (C=O) groups excluding carboxylic acids is 1. The van der Waals surface area contributed by atoms with Crippen molar-refractivity contribution in [2.45, 2.75) is 6.54 Å². The van der Waals surface area contributed by atoms with Gasteiger partial charge < -0.3 is 10.3 Å². The van der Waals surface area contributed by atoms with Crippen molar-refractivity contribution in [3.8, 4) is 11.3 Å². The van der Waals surface area contributed by atoms with E-state index in [-0.39, 0.29) is 5.91 Å². The van der Waals surface area contributed by atoms with E-state index < -0.39 is 0 Å². The number of nitrogens with one attached hydrogen (secondary N) is 2. The number of aromatic nitrogens is 2. The van der Waals surface area contributed by atoms with Gasteiger partial charge in [-0.2, -0.15) is 0 Å². The van der Waals surface area contributed by atoms with Crippen molar-refractivity contribution in [3.05, 3.63) is 90.3 Å². The maximum atomic E-state index is 12.4. The number of hydrogen-bond acceptors (Lipinski definition) is 2. The minimum absolute atomic E-state index is 0.102. The normalized spacial score (nSPS) is 10.7. The molecule has 122 valence electrons. The van der Waals surface area contributed by atoms with Crippen molar-refractivity contribution < 1.29 is 4.79 Å². The lowest BCUT2D eigenvalue weighted by Crippen LogP contribution is -2.22. The number of H-pyrrole nitrogens is 1. The second-order valence-corrected chi connectivity index (χ2v) is 5.88. The molecule has 0 saturated carbocycles. The van der Waals surface area contributed by atoms with E-state index in [0.29, 0.717) is 12.1 Å². The monoisotopic (exact) mass is 327 g/mol. The van der Waals surface area contributed by atoms with E-state index in [9.17, 15) is 4.79 Å². The van der Waals surface area contributed by atoms with Gasteiger partial charge in [-0.15, -0.1) is 0 Å². The first-order valence-corrected chi connectivity index (χ1v) is 8.15. The number of benzene rings is 2. The molecule has 2 heterocycles. The highest BCUT2D eigenvalue weighted by Gasteiger charge is 2.08. The number of amides is 1. The van der Waals surface area contributed by atoms with Gasteiger partial charge in [0.05, 0.1) is 5.69 Å². The molecular weight excluding hydrogens is 310 g/mol. The van der Waals surface area contributed by atoms with Gasteiger partial charge in [0.2, 0.25) is 0 Å². The van der Waals surface area contributed by atoms with E-state index in [2.05, 4.69) is 21.4 Å². The van der Waals surface area contributed by atoms with Crippen LogP contribution in [-0.4, -0.2) is 15.9 Å². The zero-order chi connectivity index (χ0) is 17.1. The van der Waals surface area contributed by atoms with Crippen LogP contribution in [0.3, 0.4) is 0 Å². The Labute approximate surface area is 145 Å². The van der Waals surface area contributed by atoms with Crippen LogP contribution in [-0.2, 0) is 6.54 Å². The van der Waals surface area contributed by atoms with Gasteiger partial charge >= 0.3 is 0 Å². The summed E-state index contributed by atoms with van der Waals surface area (Å²) in [5.41, 5.74) is 4.54. The molecule has 4 rings (SSSR count). The second kappa shape index (κ2) is 6.61. The molecule has 2 N–H and O–H groups in total. The predicted octanol–water partition coefficient (Wildman–Crippen LogP) is 4.16. The molecule has 0 atom stereocenters. The Kier molecular flexibility index (Phi) is 4.01. The third-order valence-electron chi connectivity index (χ3n) is 4.17. The third kappa shape index (κ3) is 3.28. The first-order valence-electron chi connectivity index (χ1n) is 8.15. The summed E-state index contributed by atoms with van der Waals surface area (Å²) >= 11 is 0. The van der Waals surface area contributed by atoms with Crippen molar-refractivity contribution in [2.75, 3.05) is 0 Å². The Hall–Kier alpha value is -3.40. The fraction of sp³-hybridized carbons (Fsp3) is 0.0476. The SMILES string of the molecule is O=C(NCc1ccccc1)c1ccnc(-c2ccc3[nH]ccc3c2)c1. The van der Waals surface area contributed by atoms with Crippen LogP contribution in [0.2, 0.25) is 0 Å². The molecular formula is C21H17N3O. The van der Waals surface area contributed by atoms with Gasteiger partial charge in [-0.3, -0.25) is 9.78 Å². The van der Waals surface area contributed by atoms with Gasteiger partial charge in [-0.05, 0) is 35.9 Å². The minimum atomic E-state index is -0.102. The first-order chi connectivity index (χ1) is 12.3. The second-order valence-electron chi connectivity index (χ2n) is 5.88. The van der Waals surface area contributed by atoms with Crippen LogP contribution in [0.1, 0.15) is 15.9 Å². The average molecular weight is 327 g/mol. The molecule has 0 aliphatic rings. The lowest BCUT2D eigenvalue weighted by atomic mass is 10.1. The molecule has 25 heavy (non-hydrogen) atoms. The fourth-order valence-corrected chi connectivity index (χ4v) is 2.82. The molecule has 0 saturated heterocycles. The van der Waals surface area contributed by atoms with Crippen molar-refractivity contribution in [3.63, 3.8) is 0 Å². The quantitative estimate of drug-likeness (QED) is 0.591. The summed E-state index contributed by atoms with van der Waals surface area (Å²) in [6.07, 6.45) is 3.59. The van der Waals surface area contributed by atoms with E-state index >= 15 is 0 Å². The molecule has 2 aromatic carbocycles. The number of hydrogen-bond donors (Lipinski definition) is 2. The van der Waals surface area contributed by atoms with Crippen molar-refractivity contribution in [1.82, 2.24) is 15.3 Å². The summed E-state index contributed by atoms with van der Waals surface area (Å²) in [4.78, 5) is 20.0. The summed E-state index contributed by atoms with van der Waals surface area (Å²) in [5, 5.41) is 4.07. The number of rotatable bonds is 4. The number of aromatic amines is 1. The molecule has 1 amide bonds. The van der Waals surface area contributed by atoms with Crippen LogP contribution in [0.25, 0.3) is 22.2 Å². The molecule has 0 bridgehead atoms. The topological polar surface area (TPSA) is 57.8 Å². The molecule has 4 aromatic rings. The molecule has 4 heteroatoms. The fourth-order valence-electron chi connectivity index (χ4n) is 2.82.